The maximum Gasteiger partial charge on any atom is 0.119 e. The zero-order chi connectivity index (χ0) is 14.4. The fraction of sp³-hybridized carbons (Fsp3) is 0.625. The minimum absolute atomic E-state index is 0.0505. The van der Waals surface area contributed by atoms with Crippen molar-refractivity contribution < 1.29 is 9.84 Å². The Morgan fingerprint density at radius 3 is 2.42 bits per heavy atom. The first-order valence-corrected chi connectivity index (χ1v) is 7.01. The molecule has 0 saturated heterocycles. The van der Waals surface area contributed by atoms with Gasteiger partial charge in [0.05, 0.1) is 13.2 Å². The highest BCUT2D eigenvalue weighted by atomic mass is 16.5. The lowest BCUT2D eigenvalue weighted by molar-refractivity contribution is 0.103. The van der Waals surface area contributed by atoms with Crippen LogP contribution in [0.1, 0.15) is 39.4 Å². The first-order chi connectivity index (χ1) is 8.95. The molecule has 1 aromatic rings. The van der Waals surface area contributed by atoms with E-state index in [0.29, 0.717) is 11.8 Å². The minimum atomic E-state index is -0.520. The Hall–Kier alpha value is -1.06. The molecule has 2 unspecified atom stereocenters. The van der Waals surface area contributed by atoms with Crippen molar-refractivity contribution in [3.8, 4) is 5.75 Å². The number of methoxy groups -OCH3 is 1. The average Bonchev–Trinajstić information content (AvgIpc) is 2.38. The SMILES string of the molecule is COc1cccc(C(O)C(NCC(C)C)C(C)C)c1. The summed E-state index contributed by atoms with van der Waals surface area (Å²) in [5.74, 6) is 1.71. The number of ether oxygens (including phenoxy) is 1. The third kappa shape index (κ3) is 4.84. The molecular formula is C16H27NO2. The van der Waals surface area contributed by atoms with Gasteiger partial charge in [0.25, 0.3) is 0 Å². The normalized spacial score (nSPS) is 14.7. The first-order valence-electron chi connectivity index (χ1n) is 7.01. The average molecular weight is 265 g/mol. The van der Waals surface area contributed by atoms with Crippen molar-refractivity contribution in [2.24, 2.45) is 11.8 Å². The molecule has 0 aliphatic heterocycles. The second-order valence-corrected chi connectivity index (χ2v) is 5.79. The monoisotopic (exact) mass is 265 g/mol. The number of aliphatic hydroxyl groups excluding tert-OH is 1. The first kappa shape index (κ1) is 16.0. The highest BCUT2D eigenvalue weighted by Gasteiger charge is 2.24. The Bertz CT molecular complexity index is 377. The van der Waals surface area contributed by atoms with Gasteiger partial charge >= 0.3 is 0 Å². The van der Waals surface area contributed by atoms with E-state index in [9.17, 15) is 5.11 Å². The molecule has 3 nitrogen and oxygen atoms in total. The van der Waals surface area contributed by atoms with E-state index < -0.39 is 6.10 Å². The van der Waals surface area contributed by atoms with E-state index in [1.54, 1.807) is 7.11 Å². The summed E-state index contributed by atoms with van der Waals surface area (Å²) < 4.78 is 5.21. The molecule has 0 heterocycles. The molecule has 0 aliphatic carbocycles. The summed E-state index contributed by atoms with van der Waals surface area (Å²) in [6.45, 7) is 9.50. The van der Waals surface area contributed by atoms with Crippen LogP contribution >= 0.6 is 0 Å². The number of hydrogen-bond donors (Lipinski definition) is 2. The van der Waals surface area contributed by atoms with Crippen LogP contribution < -0.4 is 10.1 Å². The van der Waals surface area contributed by atoms with Crippen LogP contribution in [0, 0.1) is 11.8 Å². The lowest BCUT2D eigenvalue weighted by Gasteiger charge is -2.29. The Labute approximate surface area is 117 Å². The number of benzene rings is 1. The summed E-state index contributed by atoms with van der Waals surface area (Å²) in [5.41, 5.74) is 0.898. The van der Waals surface area contributed by atoms with Gasteiger partial charge in [0, 0.05) is 6.04 Å². The van der Waals surface area contributed by atoms with Crippen LogP contribution in [0.4, 0.5) is 0 Å². The van der Waals surface area contributed by atoms with E-state index in [4.69, 9.17) is 4.74 Å². The van der Waals surface area contributed by atoms with E-state index in [1.165, 1.54) is 0 Å². The van der Waals surface area contributed by atoms with Gasteiger partial charge in [-0.05, 0) is 36.1 Å². The van der Waals surface area contributed by atoms with E-state index in [1.807, 2.05) is 24.3 Å². The molecule has 0 saturated carbocycles. The molecule has 108 valence electrons. The smallest absolute Gasteiger partial charge is 0.119 e. The van der Waals surface area contributed by atoms with Crippen LogP contribution in [0.3, 0.4) is 0 Å². The van der Waals surface area contributed by atoms with E-state index >= 15 is 0 Å². The number of nitrogens with one attached hydrogen (secondary N) is 1. The summed E-state index contributed by atoms with van der Waals surface area (Å²) in [5, 5.41) is 14.0. The highest BCUT2D eigenvalue weighted by Crippen LogP contribution is 2.25. The lowest BCUT2D eigenvalue weighted by atomic mass is 9.93. The Balaban J connectivity index is 2.82. The topological polar surface area (TPSA) is 41.5 Å². The highest BCUT2D eigenvalue weighted by molar-refractivity contribution is 5.30. The molecule has 2 N–H and O–H groups in total. The zero-order valence-electron chi connectivity index (χ0n) is 12.7. The zero-order valence-corrected chi connectivity index (χ0v) is 12.7. The molecule has 3 heteroatoms. The Morgan fingerprint density at radius 2 is 1.89 bits per heavy atom. The van der Waals surface area contributed by atoms with Crippen LogP contribution in [0.2, 0.25) is 0 Å². The quantitative estimate of drug-likeness (QED) is 0.796. The molecule has 19 heavy (non-hydrogen) atoms. The molecule has 0 spiro atoms. The van der Waals surface area contributed by atoms with Crippen LogP contribution in [0.25, 0.3) is 0 Å². The molecular weight excluding hydrogens is 238 g/mol. The van der Waals surface area contributed by atoms with Gasteiger partial charge in [0.1, 0.15) is 5.75 Å². The van der Waals surface area contributed by atoms with Crippen molar-refractivity contribution in [2.75, 3.05) is 13.7 Å². The molecule has 1 aromatic carbocycles. The number of hydrogen-bond acceptors (Lipinski definition) is 3. The molecule has 2 atom stereocenters. The van der Waals surface area contributed by atoms with Crippen molar-refractivity contribution in [2.45, 2.75) is 39.8 Å². The van der Waals surface area contributed by atoms with Crippen LogP contribution in [-0.4, -0.2) is 24.8 Å². The summed E-state index contributed by atoms with van der Waals surface area (Å²) in [6.07, 6.45) is -0.520. The summed E-state index contributed by atoms with van der Waals surface area (Å²) >= 11 is 0. The second kappa shape index (κ2) is 7.51. The largest absolute Gasteiger partial charge is 0.497 e. The van der Waals surface area contributed by atoms with Gasteiger partial charge in [-0.1, -0.05) is 39.8 Å². The van der Waals surface area contributed by atoms with Crippen molar-refractivity contribution in [1.29, 1.82) is 0 Å². The van der Waals surface area contributed by atoms with E-state index in [2.05, 4.69) is 33.0 Å². The summed E-state index contributed by atoms with van der Waals surface area (Å²) in [7, 11) is 1.64. The predicted molar refractivity (Wildman–Crippen MR) is 79.4 cm³/mol. The van der Waals surface area contributed by atoms with Crippen molar-refractivity contribution >= 4 is 0 Å². The fourth-order valence-electron chi connectivity index (χ4n) is 2.12. The third-order valence-corrected chi connectivity index (χ3v) is 3.26. The van der Waals surface area contributed by atoms with Gasteiger partial charge in [-0.15, -0.1) is 0 Å². The minimum Gasteiger partial charge on any atom is -0.497 e. The molecule has 0 aliphatic rings. The van der Waals surface area contributed by atoms with Crippen LogP contribution in [0.15, 0.2) is 24.3 Å². The number of aliphatic hydroxyl groups is 1. The summed E-state index contributed by atoms with van der Waals surface area (Å²) in [6, 6.07) is 7.70. The molecule has 1 rings (SSSR count). The molecule has 0 fully saturated rings. The van der Waals surface area contributed by atoms with Crippen molar-refractivity contribution in [1.82, 2.24) is 5.32 Å². The third-order valence-electron chi connectivity index (χ3n) is 3.26. The Morgan fingerprint density at radius 1 is 1.21 bits per heavy atom. The van der Waals surface area contributed by atoms with Crippen LogP contribution in [-0.2, 0) is 0 Å². The van der Waals surface area contributed by atoms with Gasteiger partial charge in [0.2, 0.25) is 0 Å². The summed E-state index contributed by atoms with van der Waals surface area (Å²) in [4.78, 5) is 0. The van der Waals surface area contributed by atoms with Gasteiger partial charge in [-0.2, -0.15) is 0 Å². The Kier molecular flexibility index (Phi) is 6.32. The number of rotatable bonds is 7. The standard InChI is InChI=1S/C16H27NO2/c1-11(2)10-17-15(12(3)4)16(18)13-7-6-8-14(9-13)19-5/h6-9,11-12,15-18H,10H2,1-5H3. The second-order valence-electron chi connectivity index (χ2n) is 5.79. The fourth-order valence-corrected chi connectivity index (χ4v) is 2.12. The van der Waals surface area contributed by atoms with Crippen LogP contribution in [0.5, 0.6) is 5.75 Å². The maximum absolute atomic E-state index is 10.6. The lowest BCUT2D eigenvalue weighted by Crippen LogP contribution is -2.41. The predicted octanol–water partition coefficient (Wildman–Crippen LogP) is 3.00. The van der Waals surface area contributed by atoms with Gasteiger partial charge in [-0.3, -0.25) is 0 Å². The maximum atomic E-state index is 10.6. The molecule has 0 radical (unpaired) electrons. The molecule has 0 amide bonds. The molecule has 0 bridgehead atoms. The molecule has 0 aromatic heterocycles. The van der Waals surface area contributed by atoms with Gasteiger partial charge in [-0.25, -0.2) is 0 Å². The van der Waals surface area contributed by atoms with Gasteiger partial charge < -0.3 is 15.2 Å². The van der Waals surface area contributed by atoms with E-state index in [0.717, 1.165) is 17.9 Å². The van der Waals surface area contributed by atoms with Gasteiger partial charge in [0.15, 0.2) is 0 Å². The van der Waals surface area contributed by atoms with E-state index in [-0.39, 0.29) is 6.04 Å². The van der Waals surface area contributed by atoms with Crippen molar-refractivity contribution in [3.05, 3.63) is 29.8 Å². The van der Waals surface area contributed by atoms with Crippen molar-refractivity contribution in [3.63, 3.8) is 0 Å².